The molecule has 0 saturated heterocycles. The number of nitro groups is 2. The average Bonchev–Trinajstić information content (AvgIpc) is 2.46. The molecule has 0 bridgehead atoms. The lowest BCUT2D eigenvalue weighted by Gasteiger charge is -2.14. The van der Waals surface area contributed by atoms with Crippen LogP contribution in [0.3, 0.4) is 0 Å². The van der Waals surface area contributed by atoms with Gasteiger partial charge in [-0.15, -0.1) is 6.58 Å². The third-order valence-electron chi connectivity index (χ3n) is 3.03. The van der Waals surface area contributed by atoms with Crippen LogP contribution in [-0.4, -0.2) is 22.4 Å². The molecule has 0 N–H and O–H groups in total. The van der Waals surface area contributed by atoms with Gasteiger partial charge in [0.05, 0.1) is 28.9 Å². The van der Waals surface area contributed by atoms with Gasteiger partial charge in [0.25, 0.3) is 11.4 Å². The van der Waals surface area contributed by atoms with Crippen LogP contribution in [0.4, 0.5) is 11.4 Å². The van der Waals surface area contributed by atoms with E-state index in [1.54, 1.807) is 6.92 Å². The summed E-state index contributed by atoms with van der Waals surface area (Å²) in [5, 5.41) is 21.9. The molecule has 1 aromatic carbocycles. The molecule has 1 rings (SSSR count). The Morgan fingerprint density at radius 1 is 1.36 bits per heavy atom. The van der Waals surface area contributed by atoms with Crippen molar-refractivity contribution < 1.29 is 19.4 Å². The summed E-state index contributed by atoms with van der Waals surface area (Å²) in [5.41, 5.74) is -0.502. The molecule has 1 aromatic rings. The molecule has 8 heteroatoms. The van der Waals surface area contributed by atoms with E-state index in [2.05, 4.69) is 6.58 Å². The van der Waals surface area contributed by atoms with E-state index in [0.717, 1.165) is 6.07 Å². The van der Waals surface area contributed by atoms with Gasteiger partial charge in [0.2, 0.25) is 0 Å². The van der Waals surface area contributed by atoms with Gasteiger partial charge in [0.15, 0.2) is 0 Å². The van der Waals surface area contributed by atoms with Gasteiger partial charge in [0, 0.05) is 17.5 Å². The second-order valence-electron chi connectivity index (χ2n) is 4.49. The van der Waals surface area contributed by atoms with Crippen LogP contribution in [0.15, 0.2) is 30.9 Å². The van der Waals surface area contributed by atoms with Crippen molar-refractivity contribution in [3.63, 3.8) is 0 Å². The van der Waals surface area contributed by atoms with E-state index in [1.807, 2.05) is 0 Å². The number of allylic oxidation sites excluding steroid dienone is 1. The summed E-state index contributed by atoms with van der Waals surface area (Å²) >= 11 is 0. The molecule has 0 saturated carbocycles. The molecule has 0 aromatic heterocycles. The first-order valence-electron chi connectivity index (χ1n) is 6.59. The van der Waals surface area contributed by atoms with E-state index >= 15 is 0 Å². The average molecular weight is 308 g/mol. The first kappa shape index (κ1) is 17.3. The van der Waals surface area contributed by atoms with E-state index in [0.29, 0.717) is 6.42 Å². The number of non-ortho nitro benzene ring substituents is 1. The number of nitrogens with zero attached hydrogens (tertiary/aromatic N) is 2. The zero-order valence-corrected chi connectivity index (χ0v) is 12.1. The monoisotopic (exact) mass is 308 g/mol. The van der Waals surface area contributed by atoms with Gasteiger partial charge in [-0.1, -0.05) is 6.08 Å². The Hall–Kier alpha value is -2.77. The minimum atomic E-state index is -0.704. The highest BCUT2D eigenvalue weighted by Gasteiger charge is 2.26. The molecule has 8 nitrogen and oxygen atoms in total. The largest absolute Gasteiger partial charge is 0.466 e. The molecule has 0 aliphatic carbocycles. The summed E-state index contributed by atoms with van der Waals surface area (Å²) in [6, 6.07) is 3.39. The lowest BCUT2D eigenvalue weighted by molar-refractivity contribution is -0.394. The summed E-state index contributed by atoms with van der Waals surface area (Å²) in [4.78, 5) is 32.1. The van der Waals surface area contributed by atoms with E-state index in [9.17, 15) is 25.0 Å². The molecule has 0 spiro atoms. The van der Waals surface area contributed by atoms with Crippen LogP contribution in [0.25, 0.3) is 0 Å². The normalized spacial score (nSPS) is 11.5. The lowest BCUT2D eigenvalue weighted by atomic mass is 9.91. The number of carbonyl (C=O) groups is 1. The van der Waals surface area contributed by atoms with Crippen molar-refractivity contribution in [1.29, 1.82) is 0 Å². The van der Waals surface area contributed by atoms with Crippen molar-refractivity contribution in [3.05, 3.63) is 56.6 Å². The number of esters is 1. The Balaban J connectivity index is 3.22. The molecule has 0 aliphatic rings. The van der Waals surface area contributed by atoms with E-state index in [1.165, 1.54) is 18.2 Å². The molecule has 0 aliphatic heterocycles. The SMILES string of the molecule is C=CCC(CC(=O)OCC)c1ccc([N+](=O)[O-])cc1[N+](=O)[O-]. The van der Waals surface area contributed by atoms with Crippen LogP contribution in [0, 0.1) is 20.2 Å². The van der Waals surface area contributed by atoms with Gasteiger partial charge in [-0.05, 0) is 19.4 Å². The highest BCUT2D eigenvalue weighted by Crippen LogP contribution is 2.34. The molecule has 0 radical (unpaired) electrons. The van der Waals surface area contributed by atoms with E-state index in [-0.39, 0.29) is 30.0 Å². The minimum Gasteiger partial charge on any atom is -0.466 e. The first-order chi connectivity index (χ1) is 10.4. The summed E-state index contributed by atoms with van der Waals surface area (Å²) in [5.74, 6) is -1.00. The predicted molar refractivity (Wildman–Crippen MR) is 78.6 cm³/mol. The third-order valence-corrected chi connectivity index (χ3v) is 3.03. The van der Waals surface area contributed by atoms with Crippen LogP contribution < -0.4 is 0 Å². The molecule has 1 unspecified atom stereocenters. The Labute approximate surface area is 126 Å². The van der Waals surface area contributed by atoms with Crippen LogP contribution >= 0.6 is 0 Å². The molecule has 0 amide bonds. The molecular formula is C14H16N2O6. The fourth-order valence-corrected chi connectivity index (χ4v) is 2.09. The van der Waals surface area contributed by atoms with Crippen molar-refractivity contribution in [2.45, 2.75) is 25.7 Å². The van der Waals surface area contributed by atoms with E-state index in [4.69, 9.17) is 4.74 Å². The number of hydrogen-bond donors (Lipinski definition) is 0. The van der Waals surface area contributed by atoms with Crippen molar-refractivity contribution in [2.24, 2.45) is 0 Å². The number of hydrogen-bond acceptors (Lipinski definition) is 6. The van der Waals surface area contributed by atoms with Crippen LogP contribution in [0.1, 0.15) is 31.2 Å². The summed E-state index contributed by atoms with van der Waals surface area (Å²) in [6.45, 7) is 5.44. The summed E-state index contributed by atoms with van der Waals surface area (Å²) in [7, 11) is 0. The first-order valence-corrected chi connectivity index (χ1v) is 6.59. The number of ether oxygens (including phenoxy) is 1. The maximum absolute atomic E-state index is 11.6. The molecular weight excluding hydrogens is 292 g/mol. The van der Waals surface area contributed by atoms with Gasteiger partial charge in [0.1, 0.15) is 0 Å². The minimum absolute atomic E-state index is 0.0570. The lowest BCUT2D eigenvalue weighted by Crippen LogP contribution is -2.11. The van der Waals surface area contributed by atoms with Gasteiger partial charge in [-0.2, -0.15) is 0 Å². The third kappa shape index (κ3) is 4.37. The zero-order chi connectivity index (χ0) is 16.7. The number of carbonyl (C=O) groups excluding carboxylic acids is 1. The number of rotatable bonds is 8. The molecule has 118 valence electrons. The number of benzene rings is 1. The topological polar surface area (TPSA) is 113 Å². The second-order valence-corrected chi connectivity index (χ2v) is 4.49. The van der Waals surface area contributed by atoms with Crippen molar-refractivity contribution in [1.82, 2.24) is 0 Å². The van der Waals surface area contributed by atoms with Gasteiger partial charge < -0.3 is 4.74 Å². The molecule has 22 heavy (non-hydrogen) atoms. The summed E-state index contributed by atoms with van der Waals surface area (Å²) in [6.07, 6.45) is 1.80. The van der Waals surface area contributed by atoms with E-state index < -0.39 is 21.7 Å². The standard InChI is InChI=1S/C14H16N2O6/c1-3-5-10(8-14(17)22-4-2)12-7-6-11(15(18)19)9-13(12)16(20)21/h3,6-7,9-10H,1,4-5,8H2,2H3. The maximum atomic E-state index is 11.6. The highest BCUT2D eigenvalue weighted by molar-refractivity contribution is 5.71. The predicted octanol–water partition coefficient (Wildman–Crippen LogP) is 3.12. The van der Waals surface area contributed by atoms with Crippen molar-refractivity contribution in [2.75, 3.05) is 6.61 Å². The zero-order valence-electron chi connectivity index (χ0n) is 12.1. The Morgan fingerprint density at radius 3 is 2.55 bits per heavy atom. The Kier molecular flexibility index (Phi) is 6.18. The highest BCUT2D eigenvalue weighted by atomic mass is 16.6. The second kappa shape index (κ2) is 7.87. The van der Waals surface area contributed by atoms with Gasteiger partial charge in [-0.3, -0.25) is 25.0 Å². The van der Waals surface area contributed by atoms with Gasteiger partial charge in [-0.25, -0.2) is 0 Å². The van der Waals surface area contributed by atoms with Crippen molar-refractivity contribution >= 4 is 17.3 Å². The molecule has 0 heterocycles. The molecule has 1 atom stereocenters. The Bertz CT molecular complexity index is 599. The fourth-order valence-electron chi connectivity index (χ4n) is 2.09. The fraction of sp³-hybridized carbons (Fsp3) is 0.357. The van der Waals surface area contributed by atoms with Crippen LogP contribution in [-0.2, 0) is 9.53 Å². The quantitative estimate of drug-likeness (QED) is 0.315. The summed E-state index contributed by atoms with van der Waals surface area (Å²) < 4.78 is 4.85. The molecule has 0 fully saturated rings. The smallest absolute Gasteiger partial charge is 0.306 e. The van der Waals surface area contributed by atoms with Crippen LogP contribution in [0.2, 0.25) is 0 Å². The number of nitro benzene ring substituents is 2. The van der Waals surface area contributed by atoms with Gasteiger partial charge >= 0.3 is 5.97 Å². The van der Waals surface area contributed by atoms with Crippen LogP contribution in [0.5, 0.6) is 0 Å². The maximum Gasteiger partial charge on any atom is 0.306 e. The van der Waals surface area contributed by atoms with Crippen molar-refractivity contribution in [3.8, 4) is 0 Å². The Morgan fingerprint density at radius 2 is 2.05 bits per heavy atom.